The first-order valence-corrected chi connectivity index (χ1v) is 2.86. The lowest BCUT2D eigenvalue weighted by Gasteiger charge is -1.66. The van der Waals surface area contributed by atoms with Crippen LogP contribution in [0.1, 0.15) is 6.42 Å². The fourth-order valence-electron chi connectivity index (χ4n) is 0.354. The van der Waals surface area contributed by atoms with Gasteiger partial charge in [0, 0.05) is 12.3 Å². The highest BCUT2D eigenvalue weighted by atomic mass is 32.1. The van der Waals surface area contributed by atoms with Crippen LogP contribution in [0.15, 0.2) is 4.36 Å². The average molecular weight is 89.2 g/mol. The summed E-state index contributed by atoms with van der Waals surface area (Å²) < 4.78 is 4.06. The molecule has 0 aromatic heterocycles. The Bertz CT molecular complexity index is 44.9. The van der Waals surface area contributed by atoms with Crippen LogP contribution in [-0.2, 0) is 11.6 Å². The molecule has 2 heteroatoms. The minimum Gasteiger partial charge on any atom is -0.268 e. The van der Waals surface area contributed by atoms with Crippen molar-refractivity contribution in [2.75, 3.05) is 12.3 Å². The fourth-order valence-corrected chi connectivity index (χ4v) is 1.06. The quantitative estimate of drug-likeness (QED) is 0.412. The van der Waals surface area contributed by atoms with Crippen molar-refractivity contribution in [2.24, 2.45) is 4.36 Å². The van der Waals surface area contributed by atoms with Gasteiger partial charge >= 0.3 is 0 Å². The van der Waals surface area contributed by atoms with Crippen LogP contribution in [0.5, 0.6) is 0 Å². The van der Waals surface area contributed by atoms with Gasteiger partial charge < -0.3 is 0 Å². The van der Waals surface area contributed by atoms with Gasteiger partial charge in [0.25, 0.3) is 0 Å². The van der Waals surface area contributed by atoms with Gasteiger partial charge in [-0.3, -0.25) is 4.36 Å². The first-order valence-electron chi connectivity index (χ1n) is 1.83. The van der Waals surface area contributed by atoms with Crippen LogP contribution in [-0.4, -0.2) is 12.3 Å². The molecule has 0 fully saturated rings. The van der Waals surface area contributed by atoms with Crippen LogP contribution in [0.4, 0.5) is 0 Å². The molecule has 1 aliphatic heterocycles. The molecule has 0 bridgehead atoms. The highest BCUT2D eigenvalue weighted by Crippen LogP contribution is 1.88. The van der Waals surface area contributed by atoms with E-state index < -0.39 is 0 Å². The molecule has 0 spiro atoms. The Kier molecular flexibility index (Phi) is 1.04. The lowest BCUT2D eigenvalue weighted by molar-refractivity contribution is 0.993. The number of hydrogen-bond donors (Lipinski definition) is 1. The second kappa shape index (κ2) is 1.55. The molecule has 0 atom stereocenters. The molecule has 1 rings (SSSR count). The van der Waals surface area contributed by atoms with Gasteiger partial charge in [-0.05, 0) is 6.42 Å². The molecule has 5 heavy (non-hydrogen) atoms. The summed E-state index contributed by atoms with van der Waals surface area (Å²) in [6, 6.07) is 0. The van der Waals surface area contributed by atoms with Gasteiger partial charge in [-0.25, -0.2) is 0 Å². The summed E-state index contributed by atoms with van der Waals surface area (Å²) in [6.45, 7) is 1.11. The first-order chi connectivity index (χ1) is 2.50. The second-order valence-corrected chi connectivity index (χ2v) is 2.10. The highest BCUT2D eigenvalue weighted by Gasteiger charge is 1.85. The molecule has 1 heterocycles. The van der Waals surface area contributed by atoms with Gasteiger partial charge in [-0.1, -0.05) is 0 Å². The Labute approximate surface area is 35.5 Å². The van der Waals surface area contributed by atoms with Crippen LogP contribution < -0.4 is 0 Å². The summed E-state index contributed by atoms with van der Waals surface area (Å²) >= 11 is 1.32. The second-order valence-electron chi connectivity index (χ2n) is 1.08. The van der Waals surface area contributed by atoms with Crippen LogP contribution in [0.3, 0.4) is 0 Å². The monoisotopic (exact) mass is 89.0 g/mol. The summed E-state index contributed by atoms with van der Waals surface area (Å²) in [5.74, 6) is 1.31. The zero-order valence-electron chi connectivity index (χ0n) is 3.02. The van der Waals surface area contributed by atoms with E-state index in [9.17, 15) is 0 Å². The van der Waals surface area contributed by atoms with Crippen molar-refractivity contribution in [3.8, 4) is 0 Å². The summed E-state index contributed by atoms with van der Waals surface area (Å²) in [5, 5.41) is 0. The predicted octanol–water partition coefficient (Wildman–Crippen LogP) is 0.389. The van der Waals surface area contributed by atoms with E-state index in [0.29, 0.717) is 0 Å². The third-order valence-electron chi connectivity index (χ3n) is 0.616. The van der Waals surface area contributed by atoms with E-state index in [-0.39, 0.29) is 0 Å². The number of thiol groups is 1. The van der Waals surface area contributed by atoms with E-state index in [2.05, 4.69) is 4.36 Å². The Morgan fingerprint density at radius 2 is 2.60 bits per heavy atom. The smallest absolute Gasteiger partial charge is 0.0463 e. The molecule has 0 aromatic carbocycles. The molecule has 0 N–H and O–H groups in total. The molecule has 0 unspecified atom stereocenters. The molecule has 0 radical (unpaired) electrons. The van der Waals surface area contributed by atoms with Crippen LogP contribution in [0.25, 0.3) is 0 Å². The third-order valence-corrected chi connectivity index (χ3v) is 1.53. The summed E-state index contributed by atoms with van der Waals surface area (Å²) in [5.41, 5.74) is 0. The number of rotatable bonds is 0. The minimum absolute atomic E-state index is 1.11. The summed E-state index contributed by atoms with van der Waals surface area (Å²) in [6.07, 6.45) is 1.32. The van der Waals surface area contributed by atoms with Crippen molar-refractivity contribution < 1.29 is 0 Å². The zero-order chi connectivity index (χ0) is 3.54. The lowest BCUT2D eigenvalue weighted by atomic mass is 10.5. The van der Waals surface area contributed by atoms with Crippen molar-refractivity contribution in [3.05, 3.63) is 0 Å². The molecule has 0 amide bonds. The van der Waals surface area contributed by atoms with Crippen LogP contribution in [0.2, 0.25) is 0 Å². The maximum Gasteiger partial charge on any atom is 0.0463 e. The van der Waals surface area contributed by atoms with Crippen molar-refractivity contribution in [3.63, 3.8) is 0 Å². The van der Waals surface area contributed by atoms with Gasteiger partial charge in [0.15, 0.2) is 0 Å². The maximum absolute atomic E-state index is 4.06. The largest absolute Gasteiger partial charge is 0.268 e. The standard InChI is InChI=1S/C3H7NS/c1-2-4-5-3-1/h5H,1-3H2. The first kappa shape index (κ1) is 3.34. The molecule has 1 nitrogen and oxygen atoms in total. The van der Waals surface area contributed by atoms with Gasteiger partial charge in [0.1, 0.15) is 0 Å². The topological polar surface area (TPSA) is 12.4 Å². The SMILES string of the molecule is C1CN=[SH]C1. The summed E-state index contributed by atoms with van der Waals surface area (Å²) in [7, 11) is 0. The third kappa shape index (κ3) is 0.723. The van der Waals surface area contributed by atoms with Crippen molar-refractivity contribution in [1.29, 1.82) is 0 Å². The lowest BCUT2D eigenvalue weighted by Crippen LogP contribution is -1.69. The fraction of sp³-hybridized carbons (Fsp3) is 1.00. The van der Waals surface area contributed by atoms with Gasteiger partial charge in [-0.15, -0.1) is 11.6 Å². The summed E-state index contributed by atoms with van der Waals surface area (Å²) in [4.78, 5) is 0. The minimum atomic E-state index is 1.11. The molecule has 0 aromatic rings. The van der Waals surface area contributed by atoms with E-state index in [1.54, 1.807) is 0 Å². The molecule has 0 saturated heterocycles. The molecule has 0 saturated carbocycles. The average Bonchev–Trinajstić information content (AvgIpc) is 1.76. The normalized spacial score (nSPS) is 22.4. The Hall–Kier alpha value is 0.150. The molecule has 1 aliphatic rings. The van der Waals surface area contributed by atoms with Crippen molar-refractivity contribution >= 4 is 11.6 Å². The Morgan fingerprint density at radius 1 is 1.60 bits per heavy atom. The Balaban J connectivity index is 2.32. The van der Waals surface area contributed by atoms with E-state index in [1.807, 2.05) is 0 Å². The zero-order valence-corrected chi connectivity index (χ0v) is 3.91. The molecular weight excluding hydrogens is 82.1 g/mol. The van der Waals surface area contributed by atoms with Gasteiger partial charge in [-0.2, -0.15) is 0 Å². The molecule has 0 aliphatic carbocycles. The van der Waals surface area contributed by atoms with Crippen molar-refractivity contribution in [2.45, 2.75) is 6.42 Å². The Morgan fingerprint density at radius 3 is 2.80 bits per heavy atom. The van der Waals surface area contributed by atoms with Crippen molar-refractivity contribution in [1.82, 2.24) is 0 Å². The van der Waals surface area contributed by atoms with Gasteiger partial charge in [0.2, 0.25) is 0 Å². The van der Waals surface area contributed by atoms with E-state index in [0.717, 1.165) is 6.54 Å². The maximum atomic E-state index is 4.06. The van der Waals surface area contributed by atoms with Crippen LogP contribution >= 0.6 is 0 Å². The van der Waals surface area contributed by atoms with Crippen LogP contribution in [0, 0.1) is 0 Å². The van der Waals surface area contributed by atoms with Gasteiger partial charge in [0.05, 0.1) is 0 Å². The number of nitrogens with zero attached hydrogens (tertiary/aromatic N) is 1. The van der Waals surface area contributed by atoms with E-state index in [4.69, 9.17) is 0 Å². The molecular formula is C3H7NS. The molecule has 30 valence electrons. The number of hydrogen-bond acceptors (Lipinski definition) is 1. The predicted molar refractivity (Wildman–Crippen MR) is 25.5 cm³/mol. The highest BCUT2D eigenvalue weighted by molar-refractivity contribution is 7.68. The van der Waals surface area contributed by atoms with E-state index >= 15 is 0 Å². The van der Waals surface area contributed by atoms with E-state index in [1.165, 1.54) is 23.7 Å².